The lowest BCUT2D eigenvalue weighted by molar-refractivity contribution is -0.325. The van der Waals surface area contributed by atoms with Gasteiger partial charge in [0.1, 0.15) is 6.54 Å². The molecular formula is C16H19NO7. The number of amides is 1. The van der Waals surface area contributed by atoms with E-state index in [0.717, 1.165) is 25.7 Å². The van der Waals surface area contributed by atoms with Gasteiger partial charge in [-0.2, -0.15) is 0 Å². The van der Waals surface area contributed by atoms with Gasteiger partial charge in [-0.3, -0.25) is 9.59 Å². The molecule has 5 aliphatic rings. The number of esters is 1. The molecule has 0 aromatic rings. The predicted molar refractivity (Wildman–Crippen MR) is 77.3 cm³/mol. The molecular weight excluding hydrogens is 318 g/mol. The van der Waals surface area contributed by atoms with Gasteiger partial charge in [-0.1, -0.05) is 0 Å². The molecule has 0 radical (unpaired) electrons. The first-order chi connectivity index (χ1) is 11.4. The van der Waals surface area contributed by atoms with E-state index in [0.29, 0.717) is 11.8 Å². The zero-order valence-electron chi connectivity index (χ0n) is 13.0. The van der Waals surface area contributed by atoms with Gasteiger partial charge in [0.15, 0.2) is 0 Å². The lowest BCUT2D eigenvalue weighted by atomic mass is 9.53. The minimum absolute atomic E-state index is 0.0310. The van der Waals surface area contributed by atoms with Gasteiger partial charge in [0.2, 0.25) is 5.57 Å². The highest BCUT2D eigenvalue weighted by Crippen LogP contribution is 2.61. The lowest BCUT2D eigenvalue weighted by Crippen LogP contribution is -2.62. The Labute approximate surface area is 137 Å². The van der Waals surface area contributed by atoms with Crippen molar-refractivity contribution in [1.82, 2.24) is 5.32 Å². The van der Waals surface area contributed by atoms with Gasteiger partial charge >= 0.3 is 17.9 Å². The topological polar surface area (TPSA) is 122 Å². The van der Waals surface area contributed by atoms with Crippen molar-refractivity contribution in [2.75, 3.05) is 6.54 Å². The summed E-state index contributed by atoms with van der Waals surface area (Å²) in [7, 11) is 0. The van der Waals surface area contributed by atoms with Crippen LogP contribution in [0.25, 0.3) is 0 Å². The van der Waals surface area contributed by atoms with E-state index >= 15 is 0 Å². The van der Waals surface area contributed by atoms with E-state index in [1.165, 1.54) is 6.42 Å². The number of ether oxygens (including phenoxy) is 2. The standard InChI is InChI=1S/C16H19NO7/c18-11(19)6-17-13(20)12-14(21)23-16(24-15(12)22)9-2-7-1-8(4-9)5-10(16)3-7/h7-10,21H,1-6H2,(H,17,20)(H,18,19). The quantitative estimate of drug-likeness (QED) is 0.511. The Kier molecular flexibility index (Phi) is 3.26. The van der Waals surface area contributed by atoms with Gasteiger partial charge in [0.25, 0.3) is 11.7 Å². The van der Waals surface area contributed by atoms with E-state index in [4.69, 9.17) is 14.6 Å². The van der Waals surface area contributed by atoms with Gasteiger partial charge in [-0.05, 0) is 43.9 Å². The summed E-state index contributed by atoms with van der Waals surface area (Å²) >= 11 is 0. The second-order valence-electron chi connectivity index (χ2n) is 7.27. The number of hydrogen-bond donors (Lipinski definition) is 3. The smallest absolute Gasteiger partial charge is 0.354 e. The molecule has 24 heavy (non-hydrogen) atoms. The Morgan fingerprint density at radius 2 is 1.67 bits per heavy atom. The first-order valence-corrected chi connectivity index (χ1v) is 8.24. The van der Waals surface area contributed by atoms with Crippen LogP contribution in [-0.2, 0) is 23.9 Å². The summed E-state index contributed by atoms with van der Waals surface area (Å²) in [6.45, 7) is -0.664. The van der Waals surface area contributed by atoms with Crippen molar-refractivity contribution < 1.29 is 34.1 Å². The molecule has 0 saturated heterocycles. The molecule has 4 fully saturated rings. The molecule has 0 aromatic carbocycles. The van der Waals surface area contributed by atoms with Crippen molar-refractivity contribution in [2.45, 2.75) is 37.9 Å². The lowest BCUT2D eigenvalue weighted by Gasteiger charge is -2.59. The number of aliphatic hydroxyl groups excluding tert-OH is 1. The third kappa shape index (κ3) is 2.16. The van der Waals surface area contributed by atoms with Crippen LogP contribution in [0.5, 0.6) is 0 Å². The van der Waals surface area contributed by atoms with Gasteiger partial charge in [0.05, 0.1) is 0 Å². The van der Waals surface area contributed by atoms with Crippen LogP contribution in [-0.4, -0.2) is 40.4 Å². The van der Waals surface area contributed by atoms with Crippen LogP contribution in [0.3, 0.4) is 0 Å². The van der Waals surface area contributed by atoms with Gasteiger partial charge in [0, 0.05) is 11.8 Å². The summed E-state index contributed by atoms with van der Waals surface area (Å²) in [6.07, 6.45) is 4.80. The van der Waals surface area contributed by atoms with Crippen molar-refractivity contribution in [1.29, 1.82) is 0 Å². The summed E-state index contributed by atoms with van der Waals surface area (Å²) in [6, 6.07) is 0. The molecule has 130 valence electrons. The molecule has 3 N–H and O–H groups in total. The number of carboxylic acid groups (broad SMARTS) is 1. The van der Waals surface area contributed by atoms with E-state index in [-0.39, 0.29) is 11.8 Å². The fourth-order valence-electron chi connectivity index (χ4n) is 5.11. The number of carboxylic acids is 1. The molecule has 4 saturated carbocycles. The van der Waals surface area contributed by atoms with E-state index in [9.17, 15) is 19.5 Å². The number of nitrogens with one attached hydrogen (secondary N) is 1. The van der Waals surface area contributed by atoms with E-state index in [1.54, 1.807) is 0 Å². The third-order valence-corrected chi connectivity index (χ3v) is 5.83. The molecule has 5 rings (SSSR count). The number of hydrogen-bond acceptors (Lipinski definition) is 6. The van der Waals surface area contributed by atoms with E-state index in [1.807, 2.05) is 5.32 Å². The first kappa shape index (κ1) is 15.3. The van der Waals surface area contributed by atoms with Crippen molar-refractivity contribution in [3.63, 3.8) is 0 Å². The third-order valence-electron chi connectivity index (χ3n) is 5.83. The number of aliphatic carboxylic acids is 1. The largest absolute Gasteiger partial charge is 0.480 e. The average Bonchev–Trinajstić information content (AvgIpc) is 2.49. The van der Waals surface area contributed by atoms with Crippen molar-refractivity contribution in [3.8, 4) is 0 Å². The Morgan fingerprint density at radius 3 is 2.17 bits per heavy atom. The summed E-state index contributed by atoms with van der Waals surface area (Å²) in [5.41, 5.74) is -0.671. The molecule has 1 aliphatic heterocycles. The highest BCUT2D eigenvalue weighted by atomic mass is 16.8. The Morgan fingerprint density at radius 1 is 1.08 bits per heavy atom. The highest BCUT2D eigenvalue weighted by Gasteiger charge is 2.64. The van der Waals surface area contributed by atoms with Crippen molar-refractivity contribution in [2.24, 2.45) is 23.7 Å². The second kappa shape index (κ2) is 5.12. The van der Waals surface area contributed by atoms with Gasteiger partial charge in [-0.25, -0.2) is 4.79 Å². The van der Waals surface area contributed by atoms with Crippen LogP contribution >= 0.6 is 0 Å². The molecule has 1 spiro atoms. The number of carbonyl (C=O) groups is 3. The molecule has 8 heteroatoms. The summed E-state index contributed by atoms with van der Waals surface area (Å²) in [4.78, 5) is 34.8. The van der Waals surface area contributed by atoms with Crippen LogP contribution in [0.1, 0.15) is 32.1 Å². The fourth-order valence-corrected chi connectivity index (χ4v) is 5.11. The monoisotopic (exact) mass is 337 g/mol. The zero-order chi connectivity index (χ0) is 17.1. The summed E-state index contributed by atoms with van der Waals surface area (Å²) in [5.74, 6) is -3.86. The highest BCUT2D eigenvalue weighted by molar-refractivity contribution is 6.17. The minimum Gasteiger partial charge on any atom is -0.480 e. The Hall–Kier alpha value is -2.25. The molecule has 1 amide bonds. The molecule has 0 aromatic heterocycles. The zero-order valence-corrected chi connectivity index (χ0v) is 13.0. The first-order valence-electron chi connectivity index (χ1n) is 8.24. The van der Waals surface area contributed by atoms with Crippen molar-refractivity contribution >= 4 is 17.8 Å². The van der Waals surface area contributed by atoms with Crippen molar-refractivity contribution in [3.05, 3.63) is 11.5 Å². The predicted octanol–water partition coefficient (Wildman–Crippen LogP) is 0.683. The van der Waals surface area contributed by atoms with Crippen LogP contribution in [0, 0.1) is 23.7 Å². The SMILES string of the molecule is O=C(O)CNC(=O)C1=C(O)OC2(OC1=O)C1CC3CC(C1)CC2C3. The molecule has 0 atom stereocenters. The minimum atomic E-state index is -1.26. The molecule has 4 bridgehead atoms. The number of carbonyl (C=O) groups excluding carboxylic acids is 2. The number of rotatable bonds is 3. The van der Waals surface area contributed by atoms with E-state index in [2.05, 4.69) is 0 Å². The summed E-state index contributed by atoms with van der Waals surface area (Å²) < 4.78 is 11.2. The molecule has 0 unspecified atom stereocenters. The maximum absolute atomic E-state index is 12.4. The maximum atomic E-state index is 12.4. The van der Waals surface area contributed by atoms with E-state index < -0.39 is 41.7 Å². The van der Waals surface area contributed by atoms with Crippen LogP contribution in [0.4, 0.5) is 0 Å². The van der Waals surface area contributed by atoms with Crippen LogP contribution < -0.4 is 5.32 Å². The molecule has 8 nitrogen and oxygen atoms in total. The normalized spacial score (nSPS) is 39.6. The second-order valence-corrected chi connectivity index (χ2v) is 7.27. The van der Waals surface area contributed by atoms with Gasteiger partial charge in [-0.15, -0.1) is 0 Å². The molecule has 4 aliphatic carbocycles. The van der Waals surface area contributed by atoms with Crippen LogP contribution in [0.15, 0.2) is 11.5 Å². The summed E-state index contributed by atoms with van der Waals surface area (Å²) in [5, 5.41) is 20.8. The number of aliphatic hydroxyl groups is 1. The Balaban J connectivity index is 1.59. The van der Waals surface area contributed by atoms with Crippen LogP contribution in [0.2, 0.25) is 0 Å². The Bertz CT molecular complexity index is 625. The molecule has 1 heterocycles. The fraction of sp³-hybridized carbons (Fsp3) is 0.688. The average molecular weight is 337 g/mol. The van der Waals surface area contributed by atoms with Gasteiger partial charge < -0.3 is 25.0 Å². The maximum Gasteiger partial charge on any atom is 0.354 e.